The topological polar surface area (TPSA) is 54.7 Å². The Morgan fingerprint density at radius 2 is 1.82 bits per heavy atom. The van der Waals surface area contributed by atoms with Gasteiger partial charge in [-0.25, -0.2) is 8.78 Å². The van der Waals surface area contributed by atoms with Crippen molar-refractivity contribution in [3.63, 3.8) is 0 Å². The van der Waals surface area contributed by atoms with Crippen molar-refractivity contribution in [1.82, 2.24) is 10.2 Å². The molecular weight excluding hydrogens is 475 g/mol. The van der Waals surface area contributed by atoms with Crippen molar-refractivity contribution in [2.45, 2.75) is 6.54 Å². The summed E-state index contributed by atoms with van der Waals surface area (Å²) in [5.41, 5.74) is 1.38. The maximum atomic E-state index is 14.0. The molecule has 3 rings (SSSR count). The SMILES string of the molecule is CN=C(NCc1ccc(C#N)cc1F)N1CCN(c2ccccc2F)CC1.I. The highest BCUT2D eigenvalue weighted by molar-refractivity contribution is 14.0. The van der Waals surface area contributed by atoms with Gasteiger partial charge in [-0.2, -0.15) is 5.26 Å². The van der Waals surface area contributed by atoms with Crippen molar-refractivity contribution in [1.29, 1.82) is 5.26 Å². The number of nitriles is 1. The first-order valence-electron chi connectivity index (χ1n) is 8.76. The summed E-state index contributed by atoms with van der Waals surface area (Å²) in [6.45, 7) is 2.99. The quantitative estimate of drug-likeness (QED) is 0.402. The molecule has 1 aliphatic heterocycles. The third kappa shape index (κ3) is 5.10. The van der Waals surface area contributed by atoms with E-state index in [9.17, 15) is 8.78 Å². The average Bonchev–Trinajstić information content (AvgIpc) is 2.70. The molecule has 1 aliphatic rings. The largest absolute Gasteiger partial charge is 0.366 e. The molecule has 0 unspecified atom stereocenters. The summed E-state index contributed by atoms with van der Waals surface area (Å²) in [5.74, 6) is 0.0399. The van der Waals surface area contributed by atoms with Crippen molar-refractivity contribution in [2.24, 2.45) is 4.99 Å². The van der Waals surface area contributed by atoms with Crippen LogP contribution >= 0.6 is 24.0 Å². The van der Waals surface area contributed by atoms with Gasteiger partial charge >= 0.3 is 0 Å². The Balaban J connectivity index is 0.00000280. The second kappa shape index (κ2) is 10.2. The van der Waals surface area contributed by atoms with E-state index in [4.69, 9.17) is 5.26 Å². The number of piperazine rings is 1. The van der Waals surface area contributed by atoms with Gasteiger partial charge in [0.2, 0.25) is 0 Å². The number of hydrogen-bond acceptors (Lipinski definition) is 3. The molecule has 0 saturated carbocycles. The summed E-state index contributed by atoms with van der Waals surface area (Å²) in [4.78, 5) is 8.35. The lowest BCUT2D eigenvalue weighted by atomic mass is 10.1. The normalized spacial score (nSPS) is 14.3. The minimum atomic E-state index is -0.415. The molecule has 1 saturated heterocycles. The van der Waals surface area contributed by atoms with E-state index < -0.39 is 5.82 Å². The predicted octanol–water partition coefficient (Wildman–Crippen LogP) is 3.35. The Morgan fingerprint density at radius 1 is 1.11 bits per heavy atom. The van der Waals surface area contributed by atoms with E-state index in [-0.39, 0.29) is 36.3 Å². The van der Waals surface area contributed by atoms with Gasteiger partial charge in [0, 0.05) is 45.3 Å². The summed E-state index contributed by atoms with van der Waals surface area (Å²) in [6.07, 6.45) is 0. The van der Waals surface area contributed by atoms with Crippen LogP contribution in [-0.2, 0) is 6.54 Å². The zero-order valence-corrected chi connectivity index (χ0v) is 17.9. The third-order valence-electron chi connectivity index (χ3n) is 4.60. The number of anilines is 1. The monoisotopic (exact) mass is 497 g/mol. The summed E-state index contributed by atoms with van der Waals surface area (Å²) in [7, 11) is 1.68. The minimum absolute atomic E-state index is 0. The smallest absolute Gasteiger partial charge is 0.194 e. The van der Waals surface area contributed by atoms with Gasteiger partial charge in [0.15, 0.2) is 5.96 Å². The van der Waals surface area contributed by atoms with Gasteiger partial charge in [-0.05, 0) is 24.3 Å². The lowest BCUT2D eigenvalue weighted by molar-refractivity contribution is 0.370. The van der Waals surface area contributed by atoms with Crippen LogP contribution in [-0.4, -0.2) is 44.1 Å². The molecule has 0 aromatic heterocycles. The molecule has 2 aromatic carbocycles. The van der Waals surface area contributed by atoms with Crippen molar-refractivity contribution < 1.29 is 8.78 Å². The molecule has 1 fully saturated rings. The molecule has 0 spiro atoms. The van der Waals surface area contributed by atoms with Crippen LogP contribution in [0.2, 0.25) is 0 Å². The summed E-state index contributed by atoms with van der Waals surface area (Å²) < 4.78 is 28.0. The van der Waals surface area contributed by atoms with Crippen molar-refractivity contribution in [2.75, 3.05) is 38.1 Å². The van der Waals surface area contributed by atoms with Gasteiger partial charge in [0.25, 0.3) is 0 Å². The highest BCUT2D eigenvalue weighted by Gasteiger charge is 2.21. The van der Waals surface area contributed by atoms with E-state index in [0.717, 1.165) is 0 Å². The van der Waals surface area contributed by atoms with E-state index in [2.05, 4.69) is 15.2 Å². The van der Waals surface area contributed by atoms with Crippen LogP contribution in [0.1, 0.15) is 11.1 Å². The fourth-order valence-electron chi connectivity index (χ4n) is 3.13. The van der Waals surface area contributed by atoms with Gasteiger partial charge < -0.3 is 15.1 Å². The van der Waals surface area contributed by atoms with Crippen molar-refractivity contribution in [3.8, 4) is 6.07 Å². The molecule has 0 aliphatic carbocycles. The molecule has 2 aromatic rings. The molecule has 1 heterocycles. The number of benzene rings is 2. The molecular formula is C20H22F2IN5. The van der Waals surface area contributed by atoms with Crippen LogP contribution in [0.25, 0.3) is 0 Å². The van der Waals surface area contributed by atoms with E-state index in [1.165, 1.54) is 12.1 Å². The summed E-state index contributed by atoms with van der Waals surface area (Å²) >= 11 is 0. The Kier molecular flexibility index (Phi) is 7.99. The molecule has 28 heavy (non-hydrogen) atoms. The lowest BCUT2D eigenvalue weighted by Crippen LogP contribution is -2.52. The van der Waals surface area contributed by atoms with Crippen LogP contribution in [0.15, 0.2) is 47.5 Å². The van der Waals surface area contributed by atoms with E-state index >= 15 is 0 Å². The highest BCUT2D eigenvalue weighted by Crippen LogP contribution is 2.20. The molecule has 8 heteroatoms. The summed E-state index contributed by atoms with van der Waals surface area (Å²) in [6, 6.07) is 13.1. The molecule has 1 N–H and O–H groups in total. The number of nitrogens with one attached hydrogen (secondary N) is 1. The average molecular weight is 497 g/mol. The zero-order valence-electron chi connectivity index (χ0n) is 15.5. The Bertz CT molecular complexity index is 873. The van der Waals surface area contributed by atoms with Gasteiger partial charge in [-0.1, -0.05) is 18.2 Å². The molecule has 0 radical (unpaired) electrons. The summed E-state index contributed by atoms with van der Waals surface area (Å²) in [5, 5.41) is 12.0. The maximum absolute atomic E-state index is 14.0. The molecule has 5 nitrogen and oxygen atoms in total. The van der Waals surface area contributed by atoms with Crippen molar-refractivity contribution >= 4 is 35.6 Å². The maximum Gasteiger partial charge on any atom is 0.194 e. The first-order valence-corrected chi connectivity index (χ1v) is 8.76. The van der Waals surface area contributed by atoms with Crippen LogP contribution in [0.4, 0.5) is 14.5 Å². The van der Waals surface area contributed by atoms with Gasteiger partial charge in [-0.3, -0.25) is 4.99 Å². The van der Waals surface area contributed by atoms with Gasteiger partial charge in [0.05, 0.1) is 17.3 Å². The fourth-order valence-corrected chi connectivity index (χ4v) is 3.13. The van der Waals surface area contributed by atoms with Gasteiger partial charge in [0.1, 0.15) is 11.6 Å². The predicted molar refractivity (Wildman–Crippen MR) is 117 cm³/mol. The van der Waals surface area contributed by atoms with E-state index in [0.29, 0.717) is 49.0 Å². The van der Waals surface area contributed by atoms with Gasteiger partial charge in [-0.15, -0.1) is 24.0 Å². The fraction of sp³-hybridized carbons (Fsp3) is 0.300. The van der Waals surface area contributed by atoms with Crippen LogP contribution in [0, 0.1) is 23.0 Å². The zero-order chi connectivity index (χ0) is 19.2. The number of hydrogen-bond donors (Lipinski definition) is 1. The second-order valence-electron chi connectivity index (χ2n) is 6.24. The Hall–Kier alpha value is -2.41. The number of para-hydroxylation sites is 1. The minimum Gasteiger partial charge on any atom is -0.366 e. The number of guanidine groups is 1. The first-order chi connectivity index (χ1) is 13.1. The number of nitrogens with zero attached hydrogens (tertiary/aromatic N) is 4. The van der Waals surface area contributed by atoms with E-state index in [1.54, 1.807) is 31.3 Å². The molecule has 148 valence electrons. The molecule has 0 atom stereocenters. The van der Waals surface area contributed by atoms with E-state index in [1.807, 2.05) is 17.0 Å². The first kappa shape index (κ1) is 21.9. The third-order valence-corrected chi connectivity index (χ3v) is 4.60. The molecule has 0 amide bonds. The number of halogens is 3. The number of aliphatic imine (C=N–C) groups is 1. The number of rotatable bonds is 3. The second-order valence-corrected chi connectivity index (χ2v) is 6.24. The van der Waals surface area contributed by atoms with Crippen LogP contribution in [0.5, 0.6) is 0 Å². The standard InChI is InChI=1S/C20H21F2N5.HI/c1-24-20(25-14-16-7-6-15(13-23)12-18(16)22)27-10-8-26(9-11-27)19-5-3-2-4-17(19)21;/h2-7,12H,8-11,14H2,1H3,(H,24,25);1H. The Labute approximate surface area is 180 Å². The Morgan fingerprint density at radius 3 is 2.43 bits per heavy atom. The molecule has 0 bridgehead atoms. The highest BCUT2D eigenvalue weighted by atomic mass is 127. The lowest BCUT2D eigenvalue weighted by Gasteiger charge is -2.37. The van der Waals surface area contributed by atoms with Crippen molar-refractivity contribution in [3.05, 3.63) is 65.2 Å². The van der Waals surface area contributed by atoms with Crippen LogP contribution < -0.4 is 10.2 Å². The van der Waals surface area contributed by atoms with Crippen LogP contribution in [0.3, 0.4) is 0 Å².